The number of carbonyl (C=O) groups is 2. The van der Waals surface area contributed by atoms with Gasteiger partial charge < -0.3 is 4.90 Å². The molecule has 5 nitrogen and oxygen atoms in total. The van der Waals surface area contributed by atoms with Gasteiger partial charge in [-0.25, -0.2) is 0 Å². The van der Waals surface area contributed by atoms with Crippen molar-refractivity contribution in [1.29, 1.82) is 0 Å². The smallest absolute Gasteiger partial charge is 0.241 e. The molecule has 40 heavy (non-hydrogen) atoms. The van der Waals surface area contributed by atoms with Gasteiger partial charge in [-0.15, -0.1) is 0 Å². The molecule has 2 aromatic rings. The molecule has 0 atom stereocenters. The molecule has 0 N–H and O–H groups in total. The number of hydrogen-bond acceptors (Lipinski definition) is 5. The summed E-state index contributed by atoms with van der Waals surface area (Å²) in [6.07, 6.45) is 6.19. The number of nitrogens with zero attached hydrogens (tertiary/aromatic N) is 3. The van der Waals surface area contributed by atoms with Gasteiger partial charge in [-0.3, -0.25) is 19.4 Å². The summed E-state index contributed by atoms with van der Waals surface area (Å²) in [4.78, 5) is 34.5. The molecule has 0 spiro atoms. The number of unbranched alkanes of at least 4 members (excludes halogenated alkanes) is 2. The van der Waals surface area contributed by atoms with Gasteiger partial charge in [-0.2, -0.15) is 0 Å². The Morgan fingerprint density at radius 2 is 1.12 bits per heavy atom. The summed E-state index contributed by atoms with van der Waals surface area (Å²) in [6.45, 7) is 20.1. The first kappa shape index (κ1) is 34.1. The molecule has 6 heteroatoms. The van der Waals surface area contributed by atoms with Crippen molar-refractivity contribution in [2.75, 3.05) is 50.7 Å². The van der Waals surface area contributed by atoms with Crippen LogP contribution < -0.4 is 4.90 Å². The average Bonchev–Trinajstić information content (AvgIpc) is 2.91. The van der Waals surface area contributed by atoms with Gasteiger partial charge in [0.15, 0.2) is 0 Å². The lowest BCUT2D eigenvalue weighted by Gasteiger charge is -2.30. The fourth-order valence-electron chi connectivity index (χ4n) is 5.23. The van der Waals surface area contributed by atoms with Crippen molar-refractivity contribution in [3.8, 4) is 0 Å². The molecular weight excluding hydrogens is 514 g/mol. The van der Waals surface area contributed by atoms with E-state index < -0.39 is 0 Å². The maximum absolute atomic E-state index is 13.7. The van der Waals surface area contributed by atoms with E-state index in [9.17, 15) is 9.59 Å². The summed E-state index contributed by atoms with van der Waals surface area (Å²) < 4.78 is 0. The van der Waals surface area contributed by atoms with Crippen LogP contribution in [-0.2, 0) is 9.59 Å². The van der Waals surface area contributed by atoms with Gasteiger partial charge in [0.1, 0.15) is 0 Å². The third kappa shape index (κ3) is 11.0. The van der Waals surface area contributed by atoms with E-state index in [0.29, 0.717) is 13.1 Å². The molecule has 1 amide bonds. The molecule has 0 aromatic heterocycles. The fraction of sp³-hybridized carbons (Fsp3) is 0.588. The highest BCUT2D eigenvalue weighted by Crippen LogP contribution is 2.27. The molecule has 0 radical (unpaired) electrons. The molecule has 0 aliphatic rings. The molecule has 0 bridgehead atoms. The maximum atomic E-state index is 13.7. The summed E-state index contributed by atoms with van der Waals surface area (Å²) in [5.41, 5.74) is 5.70. The average molecular weight is 568 g/mol. The van der Waals surface area contributed by atoms with Crippen molar-refractivity contribution in [3.63, 3.8) is 0 Å². The number of rotatable bonds is 18. The minimum absolute atomic E-state index is 0.183. The number of amides is 1. The van der Waals surface area contributed by atoms with Crippen LogP contribution in [0.5, 0.6) is 0 Å². The Morgan fingerprint density at radius 3 is 1.68 bits per heavy atom. The zero-order valence-electron chi connectivity index (χ0n) is 26.2. The Labute approximate surface area is 248 Å². The minimum atomic E-state index is 0.183. The zero-order valence-corrected chi connectivity index (χ0v) is 27.0. The third-order valence-electron chi connectivity index (χ3n) is 7.40. The van der Waals surface area contributed by atoms with Crippen molar-refractivity contribution < 1.29 is 9.59 Å². The number of hydrogen-bond donors (Lipinski definition) is 0. The van der Waals surface area contributed by atoms with Crippen molar-refractivity contribution in [1.82, 2.24) is 9.80 Å². The first-order chi connectivity index (χ1) is 19.2. The van der Waals surface area contributed by atoms with Crippen molar-refractivity contribution in [2.45, 2.75) is 91.9 Å². The molecule has 0 aliphatic heterocycles. The Morgan fingerprint density at radius 1 is 0.625 bits per heavy atom. The minimum Gasteiger partial charge on any atom is -0.311 e. The fourth-order valence-corrected chi connectivity index (χ4v) is 6.16. The monoisotopic (exact) mass is 567 g/mol. The largest absolute Gasteiger partial charge is 0.311 e. The molecule has 2 rings (SSSR count). The van der Waals surface area contributed by atoms with Crippen LogP contribution in [0.3, 0.4) is 0 Å². The number of aryl methyl sites for hydroxylation is 4. The molecule has 0 fully saturated rings. The molecule has 0 heterocycles. The normalized spacial score (nSPS) is 11.4. The second-order valence-electron chi connectivity index (χ2n) is 11.1. The summed E-state index contributed by atoms with van der Waals surface area (Å²) in [5, 5.41) is 0.203. The Kier molecular flexibility index (Phi) is 15.6. The topological polar surface area (TPSA) is 43.9 Å². The highest BCUT2D eigenvalue weighted by atomic mass is 32.2. The van der Waals surface area contributed by atoms with E-state index in [2.05, 4.69) is 88.6 Å². The van der Waals surface area contributed by atoms with Crippen molar-refractivity contribution in [3.05, 3.63) is 58.7 Å². The third-order valence-corrected chi connectivity index (χ3v) is 8.60. The summed E-state index contributed by atoms with van der Waals surface area (Å²) in [5.74, 6) is 0.183. The number of para-hydroxylation sites is 1. The first-order valence-corrected chi connectivity index (χ1v) is 16.1. The zero-order chi connectivity index (χ0) is 29.5. The van der Waals surface area contributed by atoms with Crippen LogP contribution in [0.1, 0.15) is 81.5 Å². The van der Waals surface area contributed by atoms with E-state index in [1.807, 2.05) is 11.0 Å². The van der Waals surface area contributed by atoms with Crippen LogP contribution in [0, 0.1) is 27.7 Å². The molecule has 0 saturated heterocycles. The quantitative estimate of drug-likeness (QED) is 0.174. The Hall–Kier alpha value is -2.15. The van der Waals surface area contributed by atoms with E-state index in [-0.39, 0.29) is 11.0 Å². The van der Waals surface area contributed by atoms with Gasteiger partial charge in [-0.1, -0.05) is 81.8 Å². The maximum Gasteiger partial charge on any atom is 0.241 e. The first-order valence-electron chi connectivity index (χ1n) is 15.3. The van der Waals surface area contributed by atoms with Gasteiger partial charge in [0.2, 0.25) is 11.0 Å². The molecule has 0 saturated carbocycles. The predicted molar refractivity (Wildman–Crippen MR) is 173 cm³/mol. The molecule has 2 aromatic carbocycles. The molecule has 0 unspecified atom stereocenters. The highest BCUT2D eigenvalue weighted by molar-refractivity contribution is 8.13. The Bertz CT molecular complexity index is 1030. The van der Waals surface area contributed by atoms with Crippen LogP contribution in [0.15, 0.2) is 41.3 Å². The summed E-state index contributed by atoms with van der Waals surface area (Å²) in [6, 6.07) is 12.5. The van der Waals surface area contributed by atoms with Gasteiger partial charge in [-0.05, 0) is 102 Å². The summed E-state index contributed by atoms with van der Waals surface area (Å²) >= 11 is 1.38. The molecule has 0 aliphatic carbocycles. The lowest BCUT2D eigenvalue weighted by atomic mass is 10.1. The number of benzene rings is 2. The van der Waals surface area contributed by atoms with Crippen molar-refractivity contribution >= 4 is 28.5 Å². The van der Waals surface area contributed by atoms with E-state index in [1.165, 1.54) is 11.8 Å². The molecule has 222 valence electrons. The van der Waals surface area contributed by atoms with Crippen LogP contribution >= 0.6 is 11.8 Å². The molecular formula is C34H53N3O2S. The van der Waals surface area contributed by atoms with Crippen LogP contribution in [-0.4, -0.2) is 66.6 Å². The van der Waals surface area contributed by atoms with E-state index in [1.54, 1.807) is 0 Å². The van der Waals surface area contributed by atoms with Crippen LogP contribution in [0.25, 0.3) is 0 Å². The van der Waals surface area contributed by atoms with Gasteiger partial charge in [0, 0.05) is 17.1 Å². The van der Waals surface area contributed by atoms with E-state index in [4.69, 9.17) is 0 Å². The number of anilines is 1. The number of carbonyl (C=O) groups excluding carboxylic acids is 2. The van der Waals surface area contributed by atoms with Crippen LogP contribution in [0.2, 0.25) is 0 Å². The van der Waals surface area contributed by atoms with E-state index in [0.717, 1.165) is 104 Å². The number of thioether (sulfide) groups is 1. The van der Waals surface area contributed by atoms with Gasteiger partial charge >= 0.3 is 0 Å². The van der Waals surface area contributed by atoms with Crippen molar-refractivity contribution in [2.24, 2.45) is 0 Å². The second-order valence-corrected chi connectivity index (χ2v) is 12.2. The summed E-state index contributed by atoms with van der Waals surface area (Å²) in [7, 11) is 0. The van der Waals surface area contributed by atoms with E-state index >= 15 is 0 Å². The lowest BCUT2D eigenvalue weighted by Crippen LogP contribution is -2.43. The van der Waals surface area contributed by atoms with Gasteiger partial charge in [0.25, 0.3) is 0 Å². The van der Waals surface area contributed by atoms with Gasteiger partial charge in [0.05, 0.1) is 13.1 Å². The second kappa shape index (κ2) is 18.3. The van der Waals surface area contributed by atoms with Crippen LogP contribution in [0.4, 0.5) is 5.69 Å². The Balaban J connectivity index is 2.03. The lowest BCUT2D eigenvalue weighted by molar-refractivity contribution is -0.119. The predicted octanol–water partition coefficient (Wildman–Crippen LogP) is 7.58. The highest BCUT2D eigenvalue weighted by Gasteiger charge is 2.22. The SMILES string of the molecule is CCCCN(CCCN(CCC)CC(=O)N(CCCC)c1c(C)cccc1C)CC(=O)Sc1c(C)cccc1C. The standard InChI is InChI=1S/C34H53N3O2S/c1-8-11-21-36(26-32(39)40-34-29(6)18-14-19-30(34)7)23-15-22-35(20-10-3)25-31(38)37(24-12-9-2)33-27(4)16-13-17-28(33)5/h13-14,16-19H,8-12,15,20-26H2,1-7H3.